The zero-order valence-corrected chi connectivity index (χ0v) is 18.0. The maximum atomic E-state index is 13.0. The van der Waals surface area contributed by atoms with Crippen LogP contribution in [-0.4, -0.2) is 23.8 Å². The summed E-state index contributed by atoms with van der Waals surface area (Å²) in [6.07, 6.45) is 12.2. The predicted octanol–water partition coefficient (Wildman–Crippen LogP) is 6.31. The molecule has 0 radical (unpaired) electrons. The average molecular weight is 400 g/mol. The van der Waals surface area contributed by atoms with Gasteiger partial charge < -0.3 is 0 Å². The molecule has 1 aliphatic heterocycles. The molecule has 0 aromatic heterocycles. The Labute approximate surface area is 181 Å². The number of carbonyl (C=O) groups excluding carboxylic acids is 1. The van der Waals surface area contributed by atoms with E-state index in [0.29, 0.717) is 11.8 Å². The van der Waals surface area contributed by atoms with Crippen molar-refractivity contribution >= 4 is 5.78 Å². The van der Waals surface area contributed by atoms with Crippen LogP contribution in [-0.2, 0) is 13.0 Å². The van der Waals surface area contributed by atoms with Gasteiger partial charge in [-0.1, -0.05) is 73.9 Å². The van der Waals surface area contributed by atoms with Crippen molar-refractivity contribution in [3.8, 4) is 0 Å². The number of hydrogen-bond acceptors (Lipinski definition) is 2. The second-order valence-corrected chi connectivity index (χ2v) is 9.55. The largest absolute Gasteiger partial charge is 0.299 e. The van der Waals surface area contributed by atoms with E-state index in [1.165, 1.54) is 48.8 Å². The molecule has 0 amide bonds. The lowest BCUT2D eigenvalue weighted by Gasteiger charge is -2.30. The van der Waals surface area contributed by atoms with Crippen molar-refractivity contribution in [2.24, 2.45) is 5.92 Å². The molecular formula is C28H33NO. The van der Waals surface area contributed by atoms with Gasteiger partial charge in [-0.05, 0) is 67.3 Å². The molecule has 3 aliphatic rings. The van der Waals surface area contributed by atoms with E-state index in [1.807, 2.05) is 0 Å². The standard InChI is InChI=1S/C28H33NO/c30-28-26(17-21-13-15-29(16-14-21)20-22-7-3-1-4-8-22)19-25-18-24(11-12-27(25)28)23-9-5-2-6-10-23/h1,3-4,7-8,11-12,17-18,21,23H,2,5-6,9-10,13-16,19-20H2. The first-order valence-corrected chi connectivity index (χ1v) is 11.9. The molecule has 2 aromatic carbocycles. The van der Waals surface area contributed by atoms with E-state index in [4.69, 9.17) is 0 Å². The summed E-state index contributed by atoms with van der Waals surface area (Å²) in [7, 11) is 0. The molecule has 2 aliphatic carbocycles. The quantitative estimate of drug-likeness (QED) is 0.561. The van der Waals surface area contributed by atoms with E-state index in [1.54, 1.807) is 0 Å². The topological polar surface area (TPSA) is 20.3 Å². The van der Waals surface area contributed by atoms with Crippen molar-refractivity contribution < 1.29 is 4.79 Å². The van der Waals surface area contributed by atoms with Crippen LogP contribution in [0.25, 0.3) is 0 Å². The van der Waals surface area contributed by atoms with E-state index in [9.17, 15) is 4.79 Å². The van der Waals surface area contributed by atoms with Crippen molar-refractivity contribution in [2.45, 2.75) is 63.8 Å². The minimum Gasteiger partial charge on any atom is -0.299 e. The van der Waals surface area contributed by atoms with E-state index < -0.39 is 0 Å². The highest BCUT2D eigenvalue weighted by molar-refractivity contribution is 6.13. The summed E-state index contributed by atoms with van der Waals surface area (Å²) in [6.45, 7) is 3.28. The molecule has 1 saturated carbocycles. The average Bonchev–Trinajstić information content (AvgIpc) is 3.11. The molecule has 1 heterocycles. The number of fused-ring (bicyclic) bond motifs is 1. The number of benzene rings is 2. The normalized spacial score (nSPS) is 22.5. The van der Waals surface area contributed by atoms with Crippen LogP contribution >= 0.6 is 0 Å². The SMILES string of the molecule is O=C1C(=CC2CCN(Cc3ccccc3)CC2)Cc2cc(C3CCCCC3)ccc21. The number of carbonyl (C=O) groups is 1. The van der Waals surface area contributed by atoms with Gasteiger partial charge >= 0.3 is 0 Å². The zero-order valence-electron chi connectivity index (χ0n) is 18.0. The number of allylic oxidation sites excluding steroid dienone is 2. The molecular weight excluding hydrogens is 366 g/mol. The predicted molar refractivity (Wildman–Crippen MR) is 123 cm³/mol. The molecule has 0 bridgehead atoms. The maximum absolute atomic E-state index is 13.0. The first-order valence-electron chi connectivity index (χ1n) is 11.9. The first kappa shape index (κ1) is 19.8. The molecule has 2 aromatic rings. The van der Waals surface area contributed by atoms with E-state index >= 15 is 0 Å². The van der Waals surface area contributed by atoms with Gasteiger partial charge in [0.2, 0.25) is 0 Å². The Hall–Kier alpha value is -2.19. The van der Waals surface area contributed by atoms with Gasteiger partial charge in [-0.15, -0.1) is 0 Å². The van der Waals surface area contributed by atoms with Crippen LogP contribution in [0, 0.1) is 5.92 Å². The molecule has 0 spiro atoms. The third-order valence-electron chi connectivity index (χ3n) is 7.44. The summed E-state index contributed by atoms with van der Waals surface area (Å²) < 4.78 is 0. The van der Waals surface area contributed by atoms with Crippen molar-refractivity contribution in [3.05, 3.63) is 82.4 Å². The molecule has 2 fully saturated rings. The smallest absolute Gasteiger partial charge is 0.189 e. The Morgan fingerprint density at radius 1 is 0.900 bits per heavy atom. The van der Waals surface area contributed by atoms with Crippen molar-refractivity contribution in [1.82, 2.24) is 4.90 Å². The lowest BCUT2D eigenvalue weighted by atomic mass is 9.83. The summed E-state index contributed by atoms with van der Waals surface area (Å²) in [5, 5.41) is 0. The first-order chi connectivity index (χ1) is 14.8. The number of likely N-dealkylation sites (tertiary alicyclic amines) is 1. The third kappa shape index (κ3) is 4.30. The summed E-state index contributed by atoms with van der Waals surface area (Å²) in [5.41, 5.74) is 6.15. The van der Waals surface area contributed by atoms with Gasteiger partial charge in [-0.2, -0.15) is 0 Å². The van der Waals surface area contributed by atoms with Crippen LogP contribution in [0.4, 0.5) is 0 Å². The van der Waals surface area contributed by atoms with Crippen LogP contribution in [0.3, 0.4) is 0 Å². The molecule has 5 rings (SSSR count). The van der Waals surface area contributed by atoms with Crippen LogP contribution < -0.4 is 0 Å². The molecule has 0 N–H and O–H groups in total. The number of Topliss-reactive ketones (excluding diaryl/α,β-unsaturated/α-hetero) is 1. The van der Waals surface area contributed by atoms with Gasteiger partial charge in [0.1, 0.15) is 0 Å². The van der Waals surface area contributed by atoms with Gasteiger partial charge in [0.05, 0.1) is 0 Å². The summed E-state index contributed by atoms with van der Waals surface area (Å²) >= 11 is 0. The zero-order chi connectivity index (χ0) is 20.3. The number of nitrogens with zero attached hydrogens (tertiary/aromatic N) is 1. The van der Waals surface area contributed by atoms with Gasteiger partial charge in [0.15, 0.2) is 5.78 Å². The fourth-order valence-corrected chi connectivity index (χ4v) is 5.67. The van der Waals surface area contributed by atoms with Gasteiger partial charge in [0.25, 0.3) is 0 Å². The van der Waals surface area contributed by atoms with E-state index in [2.05, 4.69) is 59.5 Å². The molecule has 0 atom stereocenters. The number of hydrogen-bond donors (Lipinski definition) is 0. The summed E-state index contributed by atoms with van der Waals surface area (Å²) in [4.78, 5) is 15.5. The number of rotatable bonds is 4. The lowest BCUT2D eigenvalue weighted by molar-refractivity contribution is 0.103. The van der Waals surface area contributed by atoms with Gasteiger partial charge in [-0.3, -0.25) is 9.69 Å². The summed E-state index contributed by atoms with van der Waals surface area (Å²) in [5.74, 6) is 1.54. The van der Waals surface area contributed by atoms with Crippen LogP contribution in [0.2, 0.25) is 0 Å². The second-order valence-electron chi connectivity index (χ2n) is 9.55. The van der Waals surface area contributed by atoms with Crippen molar-refractivity contribution in [1.29, 1.82) is 0 Å². The highest BCUT2D eigenvalue weighted by Gasteiger charge is 2.28. The number of ketones is 1. The molecule has 1 saturated heterocycles. The Kier molecular flexibility index (Phi) is 5.86. The van der Waals surface area contributed by atoms with E-state index in [-0.39, 0.29) is 5.78 Å². The molecule has 156 valence electrons. The fourth-order valence-electron chi connectivity index (χ4n) is 5.67. The van der Waals surface area contributed by atoms with Crippen LogP contribution in [0.5, 0.6) is 0 Å². The molecule has 0 unspecified atom stereocenters. The Morgan fingerprint density at radius 3 is 2.43 bits per heavy atom. The third-order valence-corrected chi connectivity index (χ3v) is 7.44. The highest BCUT2D eigenvalue weighted by atomic mass is 16.1. The Bertz CT molecular complexity index is 915. The lowest BCUT2D eigenvalue weighted by Crippen LogP contribution is -2.32. The Balaban J connectivity index is 1.21. The van der Waals surface area contributed by atoms with Gasteiger partial charge in [-0.25, -0.2) is 0 Å². The Morgan fingerprint density at radius 2 is 1.67 bits per heavy atom. The van der Waals surface area contributed by atoms with E-state index in [0.717, 1.165) is 50.0 Å². The fraction of sp³-hybridized carbons (Fsp3) is 0.464. The molecule has 30 heavy (non-hydrogen) atoms. The van der Waals surface area contributed by atoms with Crippen LogP contribution in [0.15, 0.2) is 60.2 Å². The second kappa shape index (κ2) is 8.89. The van der Waals surface area contributed by atoms with Crippen molar-refractivity contribution in [3.63, 3.8) is 0 Å². The summed E-state index contributed by atoms with van der Waals surface area (Å²) in [6, 6.07) is 17.4. The highest BCUT2D eigenvalue weighted by Crippen LogP contribution is 2.36. The minimum atomic E-state index is 0.284. The monoisotopic (exact) mass is 399 g/mol. The van der Waals surface area contributed by atoms with Crippen molar-refractivity contribution in [2.75, 3.05) is 13.1 Å². The number of piperidine rings is 1. The maximum Gasteiger partial charge on any atom is 0.189 e. The molecule has 2 nitrogen and oxygen atoms in total. The van der Waals surface area contributed by atoms with Gasteiger partial charge in [0, 0.05) is 24.1 Å². The molecule has 2 heteroatoms. The minimum absolute atomic E-state index is 0.284. The van der Waals surface area contributed by atoms with Crippen LogP contribution in [0.1, 0.15) is 77.9 Å².